The summed E-state index contributed by atoms with van der Waals surface area (Å²) in [6.45, 7) is 3.12. The first-order valence-corrected chi connectivity index (χ1v) is 7.92. The smallest absolute Gasteiger partial charge is 0.311 e. The Morgan fingerprint density at radius 3 is 2.81 bits per heavy atom. The van der Waals surface area contributed by atoms with Crippen LogP contribution in [0.25, 0.3) is 0 Å². The lowest BCUT2D eigenvalue weighted by Crippen LogP contribution is -2.20. The third-order valence-corrected chi connectivity index (χ3v) is 4.08. The highest BCUT2D eigenvalue weighted by Crippen LogP contribution is 2.20. The van der Waals surface area contributed by atoms with E-state index in [0.717, 1.165) is 23.8 Å². The van der Waals surface area contributed by atoms with Gasteiger partial charge in [-0.3, -0.25) is 4.79 Å². The number of thiazole rings is 1. The molecule has 0 saturated heterocycles. The second-order valence-electron chi connectivity index (χ2n) is 4.76. The molecule has 0 radical (unpaired) electrons. The predicted molar refractivity (Wildman–Crippen MR) is 85.9 cm³/mol. The van der Waals surface area contributed by atoms with Crippen molar-refractivity contribution in [3.8, 4) is 0 Å². The number of anilines is 1. The Bertz CT molecular complexity index is 569. The van der Waals surface area contributed by atoms with E-state index in [1.54, 1.807) is 11.3 Å². The Balaban J connectivity index is 1.87. The molecule has 0 bridgehead atoms. The summed E-state index contributed by atoms with van der Waals surface area (Å²) in [7, 11) is 2.02. The number of aromatic nitrogens is 1. The van der Waals surface area contributed by atoms with E-state index in [2.05, 4.69) is 34.1 Å². The quantitative estimate of drug-likeness (QED) is 0.738. The van der Waals surface area contributed by atoms with E-state index in [4.69, 9.17) is 4.74 Å². The van der Waals surface area contributed by atoms with Crippen LogP contribution in [0.3, 0.4) is 0 Å². The second-order valence-corrected chi connectivity index (χ2v) is 5.60. The van der Waals surface area contributed by atoms with Crippen molar-refractivity contribution in [3.05, 3.63) is 47.0 Å². The summed E-state index contributed by atoms with van der Waals surface area (Å²) in [5.74, 6) is -0.221. The summed E-state index contributed by atoms with van der Waals surface area (Å²) in [5.41, 5.74) is 2.09. The van der Waals surface area contributed by atoms with Crippen LogP contribution in [-0.2, 0) is 22.4 Å². The molecule has 112 valence electrons. The minimum absolute atomic E-state index is 0.221. The van der Waals surface area contributed by atoms with Crippen molar-refractivity contribution in [2.24, 2.45) is 0 Å². The Labute approximate surface area is 129 Å². The van der Waals surface area contributed by atoms with Gasteiger partial charge in [-0.25, -0.2) is 4.98 Å². The largest absolute Gasteiger partial charge is 0.466 e. The summed E-state index contributed by atoms with van der Waals surface area (Å²) >= 11 is 1.56. The fourth-order valence-corrected chi connectivity index (χ4v) is 2.77. The van der Waals surface area contributed by atoms with Gasteiger partial charge in [-0.2, -0.15) is 0 Å². The summed E-state index contributed by atoms with van der Waals surface area (Å²) < 4.78 is 4.93. The molecule has 0 aliphatic heterocycles. The molecule has 0 aliphatic carbocycles. The highest BCUT2D eigenvalue weighted by Gasteiger charge is 2.10. The van der Waals surface area contributed by atoms with Crippen LogP contribution in [0.5, 0.6) is 0 Å². The lowest BCUT2D eigenvalue weighted by Gasteiger charge is -2.15. The number of benzene rings is 1. The van der Waals surface area contributed by atoms with E-state index in [-0.39, 0.29) is 12.4 Å². The van der Waals surface area contributed by atoms with Gasteiger partial charge in [-0.1, -0.05) is 30.3 Å². The summed E-state index contributed by atoms with van der Waals surface area (Å²) in [5, 5.41) is 2.86. The molecule has 4 nitrogen and oxygen atoms in total. The van der Waals surface area contributed by atoms with Crippen molar-refractivity contribution in [2.45, 2.75) is 19.8 Å². The maximum atomic E-state index is 11.4. The number of nitrogens with zero attached hydrogens (tertiary/aromatic N) is 2. The topological polar surface area (TPSA) is 42.4 Å². The molecule has 0 spiro atoms. The molecule has 0 atom stereocenters. The fourth-order valence-electron chi connectivity index (χ4n) is 1.95. The molecule has 0 saturated carbocycles. The summed E-state index contributed by atoms with van der Waals surface area (Å²) in [6, 6.07) is 10.4. The fraction of sp³-hybridized carbons (Fsp3) is 0.375. The van der Waals surface area contributed by atoms with Crippen molar-refractivity contribution in [3.63, 3.8) is 0 Å². The van der Waals surface area contributed by atoms with Crippen LogP contribution in [0.15, 0.2) is 35.7 Å². The number of esters is 1. The van der Waals surface area contributed by atoms with Gasteiger partial charge in [-0.15, -0.1) is 11.3 Å². The van der Waals surface area contributed by atoms with Gasteiger partial charge in [0, 0.05) is 19.0 Å². The lowest BCUT2D eigenvalue weighted by molar-refractivity contribution is -0.142. The molecular weight excluding hydrogens is 284 g/mol. The van der Waals surface area contributed by atoms with E-state index >= 15 is 0 Å². The first-order valence-electron chi connectivity index (χ1n) is 7.04. The third-order valence-electron chi connectivity index (χ3n) is 3.08. The second kappa shape index (κ2) is 7.78. The molecule has 2 aromatic rings. The van der Waals surface area contributed by atoms with Crippen molar-refractivity contribution in [1.82, 2.24) is 4.98 Å². The number of hydrogen-bond donors (Lipinski definition) is 0. The van der Waals surface area contributed by atoms with Crippen LogP contribution < -0.4 is 4.90 Å². The number of ether oxygens (including phenoxy) is 1. The lowest BCUT2D eigenvalue weighted by atomic mass is 10.1. The maximum Gasteiger partial charge on any atom is 0.311 e. The van der Waals surface area contributed by atoms with Gasteiger partial charge in [0.05, 0.1) is 18.7 Å². The third kappa shape index (κ3) is 4.86. The van der Waals surface area contributed by atoms with E-state index in [1.165, 1.54) is 5.56 Å². The van der Waals surface area contributed by atoms with Gasteiger partial charge in [0.15, 0.2) is 5.13 Å². The minimum Gasteiger partial charge on any atom is -0.466 e. The molecule has 1 heterocycles. The molecule has 21 heavy (non-hydrogen) atoms. The van der Waals surface area contributed by atoms with Gasteiger partial charge < -0.3 is 9.64 Å². The van der Waals surface area contributed by atoms with Crippen LogP contribution in [0, 0.1) is 0 Å². The van der Waals surface area contributed by atoms with E-state index in [0.29, 0.717) is 6.61 Å². The zero-order valence-corrected chi connectivity index (χ0v) is 13.2. The minimum atomic E-state index is -0.221. The predicted octanol–water partition coefficient (Wildman–Crippen LogP) is 2.93. The molecule has 1 aromatic heterocycles. The van der Waals surface area contributed by atoms with Crippen LogP contribution in [0.1, 0.15) is 18.2 Å². The zero-order chi connectivity index (χ0) is 15.1. The number of likely N-dealkylation sites (N-methyl/N-ethyl adjacent to an activating group) is 1. The first kappa shape index (κ1) is 15.5. The van der Waals surface area contributed by atoms with E-state index < -0.39 is 0 Å². The highest BCUT2D eigenvalue weighted by molar-refractivity contribution is 7.13. The van der Waals surface area contributed by atoms with Gasteiger partial charge in [-0.05, 0) is 18.9 Å². The highest BCUT2D eigenvalue weighted by atomic mass is 32.1. The monoisotopic (exact) mass is 304 g/mol. The average molecular weight is 304 g/mol. The van der Waals surface area contributed by atoms with Crippen LogP contribution >= 0.6 is 11.3 Å². The number of hydrogen-bond acceptors (Lipinski definition) is 5. The van der Waals surface area contributed by atoms with Crippen molar-refractivity contribution >= 4 is 22.4 Å². The number of carbonyl (C=O) groups is 1. The van der Waals surface area contributed by atoms with Gasteiger partial charge in [0.1, 0.15) is 0 Å². The van der Waals surface area contributed by atoms with Crippen LogP contribution in [-0.4, -0.2) is 31.2 Å². The standard InChI is InChI=1S/C16H20N2O2S/c1-3-20-15(19)11-14-12-21-16(17-14)18(2)10-9-13-7-5-4-6-8-13/h4-8,12H,3,9-11H2,1-2H3. The molecule has 0 N–H and O–H groups in total. The molecule has 0 unspecified atom stereocenters. The van der Waals surface area contributed by atoms with Crippen LogP contribution in [0.2, 0.25) is 0 Å². The molecule has 2 rings (SSSR count). The van der Waals surface area contributed by atoms with E-state index in [1.807, 2.05) is 25.4 Å². The van der Waals surface area contributed by atoms with Crippen molar-refractivity contribution < 1.29 is 9.53 Å². The SMILES string of the molecule is CCOC(=O)Cc1csc(N(C)CCc2ccccc2)n1. The van der Waals surface area contributed by atoms with Gasteiger partial charge in [0.25, 0.3) is 0 Å². The Morgan fingerprint density at radius 2 is 2.10 bits per heavy atom. The van der Waals surface area contributed by atoms with Gasteiger partial charge >= 0.3 is 5.97 Å². The summed E-state index contributed by atoms with van der Waals surface area (Å²) in [6.07, 6.45) is 1.22. The maximum absolute atomic E-state index is 11.4. The molecular formula is C16H20N2O2S. The average Bonchev–Trinajstić information content (AvgIpc) is 2.94. The Kier molecular flexibility index (Phi) is 5.75. The zero-order valence-electron chi connectivity index (χ0n) is 12.4. The summed E-state index contributed by atoms with van der Waals surface area (Å²) in [4.78, 5) is 18.0. The van der Waals surface area contributed by atoms with E-state index in [9.17, 15) is 4.79 Å². The van der Waals surface area contributed by atoms with Crippen molar-refractivity contribution in [1.29, 1.82) is 0 Å². The van der Waals surface area contributed by atoms with Crippen LogP contribution in [0.4, 0.5) is 5.13 Å². The number of rotatable bonds is 7. The molecule has 5 heteroatoms. The normalized spacial score (nSPS) is 10.4. The molecule has 0 aliphatic rings. The first-order chi connectivity index (χ1) is 10.2. The Hall–Kier alpha value is -1.88. The Morgan fingerprint density at radius 1 is 1.33 bits per heavy atom. The molecule has 0 fully saturated rings. The molecule has 0 amide bonds. The molecule has 1 aromatic carbocycles. The van der Waals surface area contributed by atoms with Gasteiger partial charge in [0.2, 0.25) is 0 Å². The number of carbonyl (C=O) groups excluding carboxylic acids is 1. The van der Waals surface area contributed by atoms with Crippen molar-refractivity contribution in [2.75, 3.05) is 25.1 Å².